The molecule has 13 heteroatoms. The molecule has 0 aliphatic carbocycles. The van der Waals surface area contributed by atoms with Gasteiger partial charge in [0.05, 0.1) is 0 Å². The van der Waals surface area contributed by atoms with Gasteiger partial charge in [0.1, 0.15) is 0 Å². The summed E-state index contributed by atoms with van der Waals surface area (Å²) in [6.07, 6.45) is 2.03. The molecule has 0 radical (unpaired) electrons. The summed E-state index contributed by atoms with van der Waals surface area (Å²) >= 11 is 0.749. The van der Waals surface area contributed by atoms with Gasteiger partial charge < -0.3 is 0 Å². The first-order chi connectivity index (χ1) is 17.1. The second-order valence-electron chi connectivity index (χ2n) is 10.2. The van der Waals surface area contributed by atoms with Gasteiger partial charge in [-0.05, 0) is 0 Å². The number of thioether (sulfide) groups is 1. The Balaban J connectivity index is 5.03. The third-order valence-corrected chi connectivity index (χ3v) is 7.05. The van der Waals surface area contributed by atoms with Gasteiger partial charge in [-0.3, -0.25) is 0 Å². The van der Waals surface area contributed by atoms with Crippen LogP contribution in [0.25, 0.3) is 0 Å². The predicted octanol–water partition coefficient (Wildman–Crippen LogP) is 1.21. The molecule has 0 aromatic heterocycles. The number of hydrogen-bond acceptors (Lipinski definition) is 9. The van der Waals surface area contributed by atoms with Gasteiger partial charge >= 0.3 is 232 Å². The molecule has 4 N–H and O–H groups in total. The molecule has 0 saturated carbocycles. The molecule has 0 aromatic rings. The first-order valence-electron chi connectivity index (χ1n) is 12.2. The van der Waals surface area contributed by atoms with E-state index in [1.165, 1.54) is 7.11 Å². The Morgan fingerprint density at radius 2 is 1.57 bits per heavy atom. The molecule has 0 bridgehead atoms. The van der Waals surface area contributed by atoms with Crippen molar-refractivity contribution in [3.8, 4) is 0 Å². The first-order valence-corrected chi connectivity index (χ1v) is 15.3. The van der Waals surface area contributed by atoms with E-state index in [-0.39, 0.29) is 23.1 Å². The van der Waals surface area contributed by atoms with Crippen LogP contribution in [0.3, 0.4) is 0 Å². The number of ether oxygens (including phenoxy) is 2. The fourth-order valence-corrected chi connectivity index (χ4v) is 4.79. The van der Waals surface area contributed by atoms with E-state index in [4.69, 9.17) is 9.47 Å². The van der Waals surface area contributed by atoms with Crippen LogP contribution in [0.4, 0.5) is 4.79 Å². The summed E-state index contributed by atoms with van der Waals surface area (Å²) in [5.41, 5.74) is -0.710. The Kier molecular flexibility index (Phi) is 16.8. The normalized spacial score (nSPS) is 13.9. The van der Waals surface area contributed by atoms with Crippen LogP contribution in [-0.2, 0) is 28.7 Å². The Labute approximate surface area is 231 Å². The first kappa shape index (κ1) is 35.2. The average Bonchev–Trinajstić information content (AvgIpc) is 2.78. The van der Waals surface area contributed by atoms with Crippen molar-refractivity contribution in [1.82, 2.24) is 20.3 Å². The second kappa shape index (κ2) is 17.6. The number of carbonyl (C=O) groups is 5. The molecule has 11 nitrogen and oxygen atoms in total. The number of alkyl carbamates (subject to hydrolysis) is 1. The van der Waals surface area contributed by atoms with Crippen LogP contribution in [-0.4, -0.2) is 93.1 Å². The third kappa shape index (κ3) is 15.9. The Morgan fingerprint density at radius 3 is 2.05 bits per heavy atom. The predicted molar refractivity (Wildman–Crippen MR) is 145 cm³/mol. The molecule has 0 unspecified atom stereocenters. The van der Waals surface area contributed by atoms with E-state index in [1.54, 1.807) is 46.4 Å². The molecular formula is C24H44N4O7SSe. The fourth-order valence-electron chi connectivity index (χ4n) is 2.97. The van der Waals surface area contributed by atoms with Crippen LogP contribution in [0.5, 0.6) is 0 Å². The monoisotopic (exact) mass is 612 g/mol. The summed E-state index contributed by atoms with van der Waals surface area (Å²) in [4.78, 5) is 62.2. The van der Waals surface area contributed by atoms with Crippen molar-refractivity contribution in [3.05, 3.63) is 0 Å². The molecule has 0 saturated heterocycles. The zero-order chi connectivity index (χ0) is 28.8. The van der Waals surface area contributed by atoms with Gasteiger partial charge in [-0.2, -0.15) is 0 Å². The van der Waals surface area contributed by atoms with Crippen molar-refractivity contribution >= 4 is 55.5 Å². The summed E-state index contributed by atoms with van der Waals surface area (Å²) in [6, 6.07) is -2.33. The maximum absolute atomic E-state index is 12.8. The minimum absolute atomic E-state index is 0.114. The minimum atomic E-state index is -0.852. The summed E-state index contributed by atoms with van der Waals surface area (Å²) in [5.74, 6) is -0.805. The maximum atomic E-state index is 12.8. The summed E-state index contributed by atoms with van der Waals surface area (Å²) in [7, 11) is 1.26. The summed E-state index contributed by atoms with van der Waals surface area (Å²) < 4.78 is 12.7. The number of carbonyl (C=O) groups excluding carboxylic acids is 5. The van der Waals surface area contributed by atoms with E-state index in [2.05, 4.69) is 20.3 Å². The van der Waals surface area contributed by atoms with Gasteiger partial charge in [0.2, 0.25) is 0 Å². The number of methoxy groups -OCH3 is 1. The zero-order valence-electron chi connectivity index (χ0n) is 23.4. The number of amides is 3. The molecule has 0 rings (SSSR count). The van der Waals surface area contributed by atoms with Gasteiger partial charge in [0.25, 0.3) is 0 Å². The Bertz CT molecular complexity index is 775. The molecule has 3 amide bonds. The van der Waals surface area contributed by atoms with Crippen molar-refractivity contribution in [2.45, 2.75) is 85.0 Å². The summed E-state index contributed by atoms with van der Waals surface area (Å²) in [6.45, 7) is 12.4. The summed E-state index contributed by atoms with van der Waals surface area (Å²) in [5, 5.41) is 7.85. The number of hydrogen-bond donors (Lipinski definition) is 4. The van der Waals surface area contributed by atoms with Crippen molar-refractivity contribution in [1.29, 1.82) is 0 Å². The molecule has 0 spiro atoms. The molecule has 3 atom stereocenters. The Hall–Kier alpha value is -1.82. The van der Waals surface area contributed by atoms with Crippen LogP contribution in [0.2, 0.25) is 0 Å². The molecule has 0 aliphatic heterocycles. The van der Waals surface area contributed by atoms with Gasteiger partial charge in [-0.25, -0.2) is 0 Å². The quantitative estimate of drug-likeness (QED) is 0.149. The van der Waals surface area contributed by atoms with Crippen molar-refractivity contribution in [2.75, 3.05) is 25.7 Å². The molecule has 0 heterocycles. The average molecular weight is 612 g/mol. The molecule has 0 fully saturated rings. The standard InChI is InChI=1S/C24H44N4O7SSe/c1-14(2)12-17(26-23(33)35-24(5,6)7)20(30)25-13-18(29)37-28-16(10-11-36-9)21(31)27-19(15(3)4)22(32)34-8/h14-17,19,28H,10-13H2,1-9H3,(H,25,30)(H,26,33)(H,27,31)/t16-,17-,19-/m0/s1. The van der Waals surface area contributed by atoms with E-state index < -0.39 is 62.8 Å². The number of rotatable bonds is 16. The van der Waals surface area contributed by atoms with Crippen LogP contribution < -0.4 is 20.3 Å². The van der Waals surface area contributed by atoms with E-state index in [9.17, 15) is 24.0 Å². The van der Waals surface area contributed by atoms with Crippen LogP contribution in [0, 0.1) is 11.8 Å². The fraction of sp³-hybridized carbons (Fsp3) is 0.792. The third-order valence-electron chi connectivity index (χ3n) is 4.78. The van der Waals surface area contributed by atoms with Gasteiger partial charge in [-0.1, -0.05) is 0 Å². The van der Waals surface area contributed by atoms with Gasteiger partial charge in [0, 0.05) is 0 Å². The number of esters is 1. The van der Waals surface area contributed by atoms with Gasteiger partial charge in [0.15, 0.2) is 0 Å². The molecular weight excluding hydrogens is 567 g/mol. The topological polar surface area (TPSA) is 152 Å². The molecule has 0 aliphatic rings. The second-order valence-corrected chi connectivity index (χ2v) is 13.1. The van der Waals surface area contributed by atoms with Crippen LogP contribution in [0.15, 0.2) is 0 Å². The molecule has 214 valence electrons. The van der Waals surface area contributed by atoms with E-state index >= 15 is 0 Å². The number of nitrogens with one attached hydrogen (secondary N) is 4. The van der Waals surface area contributed by atoms with E-state index in [0.717, 1.165) is 0 Å². The van der Waals surface area contributed by atoms with Crippen LogP contribution in [0.1, 0.15) is 61.3 Å². The van der Waals surface area contributed by atoms with Crippen molar-refractivity contribution < 1.29 is 33.4 Å². The van der Waals surface area contributed by atoms with Crippen LogP contribution >= 0.6 is 11.8 Å². The Morgan fingerprint density at radius 1 is 0.946 bits per heavy atom. The zero-order valence-corrected chi connectivity index (χ0v) is 25.9. The van der Waals surface area contributed by atoms with Crippen molar-refractivity contribution in [3.63, 3.8) is 0 Å². The molecule has 0 aromatic carbocycles. The SMILES string of the molecule is COC(=O)[C@@H](NC(=O)[C@H](CCSC)N[Se]C(=O)CNC(=O)[C@H](CC(C)C)NC(=O)OC(C)(C)C)C(C)C. The van der Waals surface area contributed by atoms with E-state index in [1.807, 2.05) is 20.1 Å². The van der Waals surface area contributed by atoms with Crippen molar-refractivity contribution in [2.24, 2.45) is 11.8 Å². The molecule has 37 heavy (non-hydrogen) atoms. The van der Waals surface area contributed by atoms with E-state index in [0.29, 0.717) is 18.6 Å². The van der Waals surface area contributed by atoms with Gasteiger partial charge in [-0.15, -0.1) is 0 Å².